The summed E-state index contributed by atoms with van der Waals surface area (Å²) in [6, 6.07) is 9.57. The van der Waals surface area contributed by atoms with Crippen molar-refractivity contribution in [3.8, 4) is 0 Å². The lowest BCUT2D eigenvalue weighted by molar-refractivity contribution is -0.208. The number of hydrogen-bond donors (Lipinski definition) is 0. The first kappa shape index (κ1) is 19.3. The lowest BCUT2D eigenvalue weighted by atomic mass is 9.85. The summed E-state index contributed by atoms with van der Waals surface area (Å²) < 4.78 is 28.8. The second-order valence-electron chi connectivity index (χ2n) is 7.41. The molecular weight excluding hydrogens is 366 g/mol. The van der Waals surface area contributed by atoms with E-state index in [0.29, 0.717) is 5.71 Å². The van der Waals surface area contributed by atoms with Crippen LogP contribution in [0.5, 0.6) is 0 Å². The molecule has 6 atom stereocenters. The lowest BCUT2D eigenvalue weighted by Crippen LogP contribution is -2.43. The summed E-state index contributed by atoms with van der Waals surface area (Å²) in [5.74, 6) is -1.66. The average Bonchev–Trinajstić information content (AvgIpc) is 3.31. The Hall–Kier alpha value is -2.00. The maximum Gasteiger partial charge on any atom is 0.351 e. The Bertz CT molecular complexity index is 750. The number of hydrogen-bond acceptors (Lipinski definition) is 8. The lowest BCUT2D eigenvalue weighted by Gasteiger charge is -2.27. The van der Waals surface area contributed by atoms with Gasteiger partial charge in [0, 0.05) is 7.11 Å². The highest BCUT2D eigenvalue weighted by atomic mass is 16.8. The van der Waals surface area contributed by atoms with Gasteiger partial charge in [-0.15, -0.1) is 0 Å². The number of esters is 1. The highest BCUT2D eigenvalue weighted by Crippen LogP contribution is 2.42. The summed E-state index contributed by atoms with van der Waals surface area (Å²) in [7, 11) is 1.59. The molecule has 0 N–H and O–H groups in total. The number of rotatable bonds is 5. The van der Waals surface area contributed by atoms with Crippen LogP contribution in [-0.4, -0.2) is 61.9 Å². The fraction of sp³-hybridized carbons (Fsp3) is 0.600. The highest BCUT2D eigenvalue weighted by molar-refractivity contribution is 6.00. The molecule has 3 aliphatic rings. The Morgan fingerprint density at radius 3 is 2.64 bits per heavy atom. The average molecular weight is 391 g/mol. The minimum atomic E-state index is -0.878. The summed E-state index contributed by atoms with van der Waals surface area (Å²) in [4.78, 5) is 18.0. The monoisotopic (exact) mass is 391 g/mol. The summed E-state index contributed by atoms with van der Waals surface area (Å²) >= 11 is 0. The predicted octanol–water partition coefficient (Wildman–Crippen LogP) is 1.98. The molecule has 8 heteroatoms. The molecule has 28 heavy (non-hydrogen) atoms. The van der Waals surface area contributed by atoms with E-state index in [-0.39, 0.29) is 6.61 Å². The van der Waals surface area contributed by atoms with Crippen LogP contribution >= 0.6 is 0 Å². The van der Waals surface area contributed by atoms with E-state index in [2.05, 4.69) is 5.16 Å². The summed E-state index contributed by atoms with van der Waals surface area (Å²) in [6.07, 6.45) is -2.87. The van der Waals surface area contributed by atoms with Gasteiger partial charge in [-0.25, -0.2) is 4.79 Å². The standard InChI is InChI=1S/C20H25NO7/c1-5-24-18(22)14-12(11-9-7-6-8-10-11)13(21-28-14)15-16(23-4)17-19(25-15)27-20(2,3)26-17/h6-10,12,14-17,19H,5H2,1-4H3/t12-,14-,15+,16-,17+,19+/m0/s1. The van der Waals surface area contributed by atoms with E-state index in [4.69, 9.17) is 28.5 Å². The van der Waals surface area contributed by atoms with Crippen LogP contribution in [0.3, 0.4) is 0 Å². The second kappa shape index (κ2) is 7.44. The Morgan fingerprint density at radius 1 is 1.21 bits per heavy atom. The number of carbonyl (C=O) groups excluding carboxylic acids is 1. The summed E-state index contributed by atoms with van der Waals surface area (Å²) in [5, 5.41) is 4.22. The van der Waals surface area contributed by atoms with Crippen molar-refractivity contribution in [2.45, 2.75) is 63.2 Å². The van der Waals surface area contributed by atoms with Crippen LogP contribution in [-0.2, 0) is 33.3 Å². The van der Waals surface area contributed by atoms with Crippen LogP contribution in [0.4, 0.5) is 0 Å². The van der Waals surface area contributed by atoms with Gasteiger partial charge in [0.2, 0.25) is 6.10 Å². The molecule has 0 unspecified atom stereocenters. The Labute approximate surface area is 163 Å². The molecule has 2 saturated heterocycles. The molecule has 1 aromatic rings. The van der Waals surface area contributed by atoms with E-state index >= 15 is 0 Å². The third kappa shape index (κ3) is 3.30. The zero-order valence-corrected chi connectivity index (χ0v) is 16.4. The van der Waals surface area contributed by atoms with E-state index in [0.717, 1.165) is 5.56 Å². The van der Waals surface area contributed by atoms with E-state index in [1.807, 2.05) is 44.2 Å². The molecule has 3 heterocycles. The van der Waals surface area contributed by atoms with E-state index in [1.54, 1.807) is 14.0 Å². The van der Waals surface area contributed by atoms with E-state index < -0.39 is 48.4 Å². The molecule has 8 nitrogen and oxygen atoms in total. The molecule has 4 rings (SSSR count). The van der Waals surface area contributed by atoms with Crippen molar-refractivity contribution in [3.05, 3.63) is 35.9 Å². The van der Waals surface area contributed by atoms with Crippen LogP contribution in [0.15, 0.2) is 35.5 Å². The van der Waals surface area contributed by atoms with Crippen molar-refractivity contribution in [1.82, 2.24) is 0 Å². The van der Waals surface area contributed by atoms with Crippen molar-refractivity contribution in [3.63, 3.8) is 0 Å². The number of nitrogens with zero attached hydrogens (tertiary/aromatic N) is 1. The fourth-order valence-corrected chi connectivity index (χ4v) is 4.00. The van der Waals surface area contributed by atoms with Gasteiger partial charge in [0.1, 0.15) is 24.0 Å². The SMILES string of the molecule is CCOC(=O)[C@H]1ON=C([C@H]2O[C@@H]3OC(C)(C)O[C@@H]3[C@H]2OC)[C@@H]1c1ccccc1. The molecular formula is C20H25NO7. The highest BCUT2D eigenvalue weighted by Gasteiger charge is 2.59. The van der Waals surface area contributed by atoms with Crippen molar-refractivity contribution < 1.29 is 33.3 Å². The molecule has 0 bridgehead atoms. The third-order valence-electron chi connectivity index (χ3n) is 5.13. The Balaban J connectivity index is 1.64. The van der Waals surface area contributed by atoms with Crippen LogP contribution in [0.1, 0.15) is 32.3 Å². The van der Waals surface area contributed by atoms with Crippen molar-refractivity contribution in [2.75, 3.05) is 13.7 Å². The van der Waals surface area contributed by atoms with Gasteiger partial charge < -0.3 is 28.5 Å². The minimum absolute atomic E-state index is 0.261. The normalized spacial score (nSPS) is 35.9. The molecule has 3 aliphatic heterocycles. The van der Waals surface area contributed by atoms with Gasteiger partial charge in [0.25, 0.3) is 0 Å². The van der Waals surface area contributed by atoms with Crippen LogP contribution < -0.4 is 0 Å². The van der Waals surface area contributed by atoms with Crippen molar-refractivity contribution in [1.29, 1.82) is 0 Å². The van der Waals surface area contributed by atoms with Crippen LogP contribution in [0, 0.1) is 0 Å². The first-order chi connectivity index (χ1) is 13.4. The maximum absolute atomic E-state index is 12.5. The van der Waals surface area contributed by atoms with Crippen LogP contribution in [0.25, 0.3) is 0 Å². The number of benzene rings is 1. The molecule has 1 aromatic carbocycles. The van der Waals surface area contributed by atoms with Gasteiger partial charge in [-0.2, -0.15) is 0 Å². The van der Waals surface area contributed by atoms with Gasteiger partial charge >= 0.3 is 5.97 Å². The van der Waals surface area contributed by atoms with E-state index in [1.165, 1.54) is 0 Å². The predicted molar refractivity (Wildman–Crippen MR) is 97.6 cm³/mol. The van der Waals surface area contributed by atoms with Gasteiger partial charge in [0.05, 0.1) is 12.5 Å². The Morgan fingerprint density at radius 2 is 1.96 bits per heavy atom. The first-order valence-corrected chi connectivity index (χ1v) is 9.44. The number of carbonyl (C=O) groups is 1. The maximum atomic E-state index is 12.5. The van der Waals surface area contributed by atoms with Gasteiger partial charge in [-0.1, -0.05) is 35.5 Å². The van der Waals surface area contributed by atoms with Crippen molar-refractivity contribution >= 4 is 11.7 Å². The molecule has 152 valence electrons. The van der Waals surface area contributed by atoms with Gasteiger partial charge in [-0.3, -0.25) is 0 Å². The number of methoxy groups -OCH3 is 1. The first-order valence-electron chi connectivity index (χ1n) is 9.44. The molecule has 2 fully saturated rings. The smallest absolute Gasteiger partial charge is 0.351 e. The van der Waals surface area contributed by atoms with Gasteiger partial charge in [0.15, 0.2) is 12.1 Å². The minimum Gasteiger partial charge on any atom is -0.463 e. The molecule has 0 aromatic heterocycles. The zero-order chi connectivity index (χ0) is 19.9. The topological polar surface area (TPSA) is 84.8 Å². The molecule has 0 saturated carbocycles. The Kier molecular flexibility index (Phi) is 5.13. The third-order valence-corrected chi connectivity index (χ3v) is 5.13. The fourth-order valence-electron chi connectivity index (χ4n) is 4.00. The van der Waals surface area contributed by atoms with Crippen LogP contribution in [0.2, 0.25) is 0 Å². The largest absolute Gasteiger partial charge is 0.463 e. The molecule has 0 spiro atoms. The van der Waals surface area contributed by atoms with E-state index in [9.17, 15) is 4.79 Å². The summed E-state index contributed by atoms with van der Waals surface area (Å²) in [6.45, 7) is 5.67. The van der Waals surface area contributed by atoms with Crippen molar-refractivity contribution in [2.24, 2.45) is 5.16 Å². The number of ether oxygens (including phenoxy) is 5. The number of oxime groups is 1. The molecule has 0 amide bonds. The quantitative estimate of drug-likeness (QED) is 0.710. The molecule has 0 radical (unpaired) electrons. The number of fused-ring (bicyclic) bond motifs is 1. The van der Waals surface area contributed by atoms with Gasteiger partial charge in [-0.05, 0) is 26.3 Å². The zero-order valence-electron chi connectivity index (χ0n) is 16.4. The molecule has 0 aliphatic carbocycles. The second-order valence-corrected chi connectivity index (χ2v) is 7.41. The summed E-state index contributed by atoms with van der Waals surface area (Å²) in [5.41, 5.74) is 1.45.